The third-order valence-corrected chi connectivity index (χ3v) is 11.3. The van der Waals surface area contributed by atoms with Crippen molar-refractivity contribution in [2.45, 2.75) is 102 Å². The average molecular weight is 833 g/mol. The molecule has 320 valence electrons. The van der Waals surface area contributed by atoms with Gasteiger partial charge < -0.3 is 55.3 Å². The topological polar surface area (TPSA) is 271 Å². The van der Waals surface area contributed by atoms with Gasteiger partial charge in [0.15, 0.2) is 17.9 Å². The van der Waals surface area contributed by atoms with Crippen LogP contribution in [0.3, 0.4) is 0 Å². The van der Waals surface area contributed by atoms with Gasteiger partial charge in [-0.1, -0.05) is 19.1 Å². The number of fused-ring (bicyclic) bond motifs is 3. The van der Waals surface area contributed by atoms with Crippen LogP contribution in [0.5, 0.6) is 17.2 Å². The van der Waals surface area contributed by atoms with Crippen LogP contribution < -0.4 is 15.4 Å². The van der Waals surface area contributed by atoms with Crippen LogP contribution >= 0.6 is 0 Å². The number of amides is 3. The van der Waals surface area contributed by atoms with Crippen molar-refractivity contribution in [1.29, 1.82) is 0 Å². The normalized spacial score (nSPS) is 24.2. The van der Waals surface area contributed by atoms with Crippen LogP contribution in [0.1, 0.15) is 106 Å². The van der Waals surface area contributed by atoms with Crippen molar-refractivity contribution in [3.8, 4) is 17.2 Å². The van der Waals surface area contributed by atoms with E-state index in [4.69, 9.17) is 14.2 Å². The molecular weight excluding hydrogens is 784 g/mol. The lowest BCUT2D eigenvalue weighted by atomic mass is 9.72. The Hall–Kier alpha value is -5.79. The number of aromatic hydroxyl groups is 2. The zero-order chi connectivity index (χ0) is 43.8. The quantitative estimate of drug-likeness (QED) is 0.0927. The van der Waals surface area contributed by atoms with E-state index >= 15 is 0 Å². The summed E-state index contributed by atoms with van der Waals surface area (Å²) in [7, 11) is 1.29. The SMILES string of the molecule is CCCN(C(=O)[C@@H](C)NC(=O)c1ccncc1)[C@@H](C)C(=O)NC1CC(O[C@H]2C[C@](O)(C(=O)CO)Cc3c(O)c4c(c(O)c32)C(=O)c2c(OC)cccc2C4=O)OC(C)C1O. The molecule has 1 aliphatic heterocycles. The first kappa shape index (κ1) is 43.8. The first-order valence-corrected chi connectivity index (χ1v) is 19.5. The van der Waals surface area contributed by atoms with E-state index in [1.165, 1.54) is 75.5 Å². The number of Topliss-reactive ketones (excluding diaryl/α,β-unsaturated/α-hetero) is 1. The van der Waals surface area contributed by atoms with Crippen molar-refractivity contribution in [1.82, 2.24) is 20.5 Å². The Balaban J connectivity index is 1.27. The number of nitrogens with zero attached hydrogens (tertiary/aromatic N) is 2. The van der Waals surface area contributed by atoms with Gasteiger partial charge >= 0.3 is 0 Å². The number of phenolic OH excluding ortho intramolecular Hbond substituents is 2. The standard InChI is InChI=1S/C42H48N4O14/c1-6-14-46(41(56)19(2)44-40(55)22-10-12-43-13-11-22)20(3)39(54)45-25-15-29(59-21(4)34(25)49)60-27-17-42(57,28(48)18-47)16-24-31(27)38(53)33-32(36(24)51)35(50)23-8-7-9-26(58-5)30(23)37(33)52/h7-13,19-21,25,27,29,34,47,49,51,53,57H,6,14-18H2,1-5H3,(H,44,55)(H,45,54)/t19-,20+,21?,25?,27+,29?,34?,42+/m1/s1. The van der Waals surface area contributed by atoms with E-state index in [0.717, 1.165) is 0 Å². The molecule has 3 aliphatic rings. The van der Waals surface area contributed by atoms with Crippen LogP contribution in [0.15, 0.2) is 42.7 Å². The Kier molecular flexibility index (Phi) is 12.7. The van der Waals surface area contributed by atoms with Gasteiger partial charge in [-0.25, -0.2) is 0 Å². The molecule has 8 atom stereocenters. The minimum Gasteiger partial charge on any atom is -0.507 e. The molecule has 7 N–H and O–H groups in total. The lowest BCUT2D eigenvalue weighted by Gasteiger charge is -2.43. The molecule has 1 aromatic heterocycles. The highest BCUT2D eigenvalue weighted by molar-refractivity contribution is 6.31. The molecule has 0 bridgehead atoms. The second-order valence-corrected chi connectivity index (χ2v) is 15.2. The third kappa shape index (κ3) is 7.95. The Morgan fingerprint density at radius 3 is 2.37 bits per heavy atom. The van der Waals surface area contributed by atoms with Crippen LogP contribution in [0.25, 0.3) is 0 Å². The van der Waals surface area contributed by atoms with Crippen LogP contribution in [0.4, 0.5) is 0 Å². The lowest BCUT2D eigenvalue weighted by molar-refractivity contribution is -0.249. The minimum absolute atomic E-state index is 0.0406. The van der Waals surface area contributed by atoms with E-state index in [0.29, 0.717) is 12.0 Å². The van der Waals surface area contributed by atoms with Gasteiger partial charge in [0.05, 0.1) is 42.0 Å². The molecule has 3 aromatic rings. The zero-order valence-electron chi connectivity index (χ0n) is 33.6. The van der Waals surface area contributed by atoms with Gasteiger partial charge in [-0.05, 0) is 45.4 Å². The molecule has 1 saturated heterocycles. The van der Waals surface area contributed by atoms with Crippen molar-refractivity contribution in [2.75, 3.05) is 20.3 Å². The molecular formula is C42H48N4O14. The average Bonchev–Trinajstić information content (AvgIpc) is 3.23. The highest BCUT2D eigenvalue weighted by Crippen LogP contribution is 2.52. The molecule has 2 aromatic carbocycles. The van der Waals surface area contributed by atoms with E-state index in [1.807, 2.05) is 6.92 Å². The molecule has 2 heterocycles. The minimum atomic E-state index is -2.39. The van der Waals surface area contributed by atoms with E-state index in [2.05, 4.69) is 15.6 Å². The van der Waals surface area contributed by atoms with Gasteiger partial charge in [0.2, 0.25) is 17.6 Å². The number of pyridine rings is 1. The maximum Gasteiger partial charge on any atom is 0.252 e. The number of nitrogens with one attached hydrogen (secondary N) is 2. The Morgan fingerprint density at radius 1 is 1.03 bits per heavy atom. The Bertz CT molecular complexity index is 2220. The number of aliphatic hydroxyl groups is 3. The fourth-order valence-corrected chi connectivity index (χ4v) is 8.13. The van der Waals surface area contributed by atoms with Gasteiger partial charge in [-0.2, -0.15) is 0 Å². The summed E-state index contributed by atoms with van der Waals surface area (Å²) in [6.45, 7) is 5.35. The number of rotatable bonds is 13. The number of hydrogen-bond acceptors (Lipinski definition) is 15. The predicted molar refractivity (Wildman–Crippen MR) is 208 cm³/mol. The molecule has 6 rings (SSSR count). The molecule has 2 aliphatic carbocycles. The van der Waals surface area contributed by atoms with E-state index < -0.39 is 125 Å². The number of aromatic nitrogens is 1. The van der Waals surface area contributed by atoms with Crippen molar-refractivity contribution >= 4 is 35.1 Å². The second-order valence-electron chi connectivity index (χ2n) is 15.2. The summed E-state index contributed by atoms with van der Waals surface area (Å²) in [4.78, 5) is 86.2. The summed E-state index contributed by atoms with van der Waals surface area (Å²) in [5, 5.41) is 61.5. The van der Waals surface area contributed by atoms with Crippen LogP contribution in [0, 0.1) is 0 Å². The lowest BCUT2D eigenvalue weighted by Crippen LogP contribution is -2.60. The number of methoxy groups -OCH3 is 1. The summed E-state index contributed by atoms with van der Waals surface area (Å²) >= 11 is 0. The van der Waals surface area contributed by atoms with Gasteiger partial charge in [0.25, 0.3) is 5.91 Å². The highest BCUT2D eigenvalue weighted by atomic mass is 16.7. The number of carbonyl (C=O) groups is 6. The van der Waals surface area contributed by atoms with Gasteiger partial charge in [0.1, 0.15) is 47.6 Å². The molecule has 60 heavy (non-hydrogen) atoms. The second kappa shape index (κ2) is 17.4. The number of hydrogen-bond donors (Lipinski definition) is 7. The summed E-state index contributed by atoms with van der Waals surface area (Å²) < 4.78 is 17.6. The monoisotopic (exact) mass is 832 g/mol. The molecule has 18 nitrogen and oxygen atoms in total. The van der Waals surface area contributed by atoms with E-state index in [1.54, 1.807) is 0 Å². The van der Waals surface area contributed by atoms with Crippen molar-refractivity contribution < 1.29 is 68.5 Å². The van der Waals surface area contributed by atoms with E-state index in [9.17, 15) is 54.3 Å². The molecule has 0 saturated carbocycles. The number of aliphatic hydroxyl groups excluding tert-OH is 2. The van der Waals surface area contributed by atoms with Crippen molar-refractivity contribution in [2.24, 2.45) is 0 Å². The number of benzene rings is 2. The highest BCUT2D eigenvalue weighted by Gasteiger charge is 2.50. The maximum absolute atomic E-state index is 14.0. The predicted octanol–water partition coefficient (Wildman–Crippen LogP) is 0.999. The van der Waals surface area contributed by atoms with Crippen molar-refractivity contribution in [3.05, 3.63) is 81.7 Å². The smallest absolute Gasteiger partial charge is 0.252 e. The molecule has 0 radical (unpaired) electrons. The fourth-order valence-electron chi connectivity index (χ4n) is 8.13. The number of phenols is 2. The van der Waals surface area contributed by atoms with Crippen LogP contribution in [-0.4, -0.2) is 133 Å². The van der Waals surface area contributed by atoms with E-state index in [-0.39, 0.29) is 41.0 Å². The van der Waals surface area contributed by atoms with Crippen LogP contribution in [0.2, 0.25) is 0 Å². The van der Waals surface area contributed by atoms with Crippen LogP contribution in [-0.2, 0) is 30.3 Å². The zero-order valence-corrected chi connectivity index (χ0v) is 33.6. The van der Waals surface area contributed by atoms with Gasteiger partial charge in [0, 0.05) is 60.5 Å². The number of ketones is 3. The maximum atomic E-state index is 14.0. The number of ether oxygens (including phenoxy) is 3. The first-order chi connectivity index (χ1) is 28.5. The third-order valence-electron chi connectivity index (χ3n) is 11.3. The molecule has 18 heteroatoms. The van der Waals surface area contributed by atoms with Crippen molar-refractivity contribution in [3.63, 3.8) is 0 Å². The Labute approximate surface area is 344 Å². The first-order valence-electron chi connectivity index (χ1n) is 19.5. The summed E-state index contributed by atoms with van der Waals surface area (Å²) in [6, 6.07) is 4.10. The summed E-state index contributed by atoms with van der Waals surface area (Å²) in [6.07, 6.45) is -3.35. The fraction of sp³-hybridized carbons (Fsp3) is 0.452. The van der Waals surface area contributed by atoms with Gasteiger partial charge in [-0.3, -0.25) is 33.8 Å². The largest absolute Gasteiger partial charge is 0.507 e. The number of carbonyl (C=O) groups excluding carboxylic acids is 6. The van der Waals surface area contributed by atoms with Gasteiger partial charge in [-0.15, -0.1) is 0 Å². The Morgan fingerprint density at radius 2 is 1.72 bits per heavy atom. The molecule has 3 amide bonds. The summed E-state index contributed by atoms with van der Waals surface area (Å²) in [5.41, 5.74) is -3.97. The molecule has 4 unspecified atom stereocenters. The molecule has 1 fully saturated rings. The summed E-state index contributed by atoms with van der Waals surface area (Å²) in [5.74, 6) is -5.92. The molecule has 0 spiro atoms.